The van der Waals surface area contributed by atoms with Crippen LogP contribution in [0, 0.1) is 0 Å². The van der Waals surface area contributed by atoms with Gasteiger partial charge >= 0.3 is 0 Å². The van der Waals surface area contributed by atoms with E-state index in [1.165, 1.54) is 7.11 Å². The summed E-state index contributed by atoms with van der Waals surface area (Å²) in [6.45, 7) is 0. The normalized spacial score (nSPS) is 12.6. The molecule has 0 saturated carbocycles. The molecule has 0 aliphatic heterocycles. The van der Waals surface area contributed by atoms with Gasteiger partial charge in [-0.1, -0.05) is 23.2 Å². The molecule has 2 nitrogen and oxygen atoms in total. The molecule has 0 heterocycles. The van der Waals surface area contributed by atoms with Crippen molar-refractivity contribution in [2.24, 2.45) is 0 Å². The van der Waals surface area contributed by atoms with E-state index in [1.54, 1.807) is 12.1 Å². The van der Waals surface area contributed by atoms with Crippen LogP contribution in [0.5, 0.6) is 5.75 Å². The predicted molar refractivity (Wildman–Crippen MR) is 63.4 cm³/mol. The smallest absolute Gasteiger partial charge is 0.138 e. The number of halogens is 3. The van der Waals surface area contributed by atoms with E-state index < -0.39 is 6.10 Å². The Labute approximate surface area is 104 Å². The van der Waals surface area contributed by atoms with Crippen molar-refractivity contribution in [2.75, 3.05) is 13.0 Å². The van der Waals surface area contributed by atoms with Crippen LogP contribution >= 0.6 is 34.8 Å². The minimum atomic E-state index is -0.617. The highest BCUT2D eigenvalue weighted by molar-refractivity contribution is 6.34. The molecular formula is C10H11Cl3O2. The summed E-state index contributed by atoms with van der Waals surface area (Å²) in [5.74, 6) is 0.686. The maximum atomic E-state index is 9.39. The number of hydrogen-bond acceptors (Lipinski definition) is 2. The number of alkyl halides is 1. The maximum absolute atomic E-state index is 9.39. The summed E-state index contributed by atoms with van der Waals surface area (Å²) >= 11 is 17.4. The van der Waals surface area contributed by atoms with E-state index >= 15 is 0 Å². The largest absolute Gasteiger partial charge is 0.495 e. The Hall–Kier alpha value is -0.150. The fourth-order valence-corrected chi connectivity index (χ4v) is 1.79. The second-order valence-electron chi connectivity index (χ2n) is 3.09. The van der Waals surface area contributed by atoms with Crippen LogP contribution in [0.15, 0.2) is 12.1 Å². The first-order valence-electron chi connectivity index (χ1n) is 4.34. The lowest BCUT2D eigenvalue weighted by Gasteiger charge is -2.11. The van der Waals surface area contributed by atoms with Gasteiger partial charge in [-0.2, -0.15) is 0 Å². The molecule has 0 aliphatic rings. The summed E-state index contributed by atoms with van der Waals surface area (Å²) in [5.41, 5.74) is 0.760. The number of aliphatic hydroxyl groups is 1. The minimum absolute atomic E-state index is 0.167. The average molecular weight is 270 g/mol. The van der Waals surface area contributed by atoms with E-state index in [-0.39, 0.29) is 5.88 Å². The van der Waals surface area contributed by atoms with Gasteiger partial charge in [0.2, 0.25) is 0 Å². The number of hydrogen-bond donors (Lipinski definition) is 1. The van der Waals surface area contributed by atoms with Crippen LogP contribution < -0.4 is 4.74 Å². The summed E-state index contributed by atoms with van der Waals surface area (Å²) in [4.78, 5) is 0. The van der Waals surface area contributed by atoms with Gasteiger partial charge < -0.3 is 9.84 Å². The molecule has 0 radical (unpaired) electrons. The van der Waals surface area contributed by atoms with Gasteiger partial charge in [-0.15, -0.1) is 11.6 Å². The minimum Gasteiger partial charge on any atom is -0.495 e. The standard InChI is InChI=1S/C10H11Cl3O2/c1-15-10-4-8(12)6(3-9(10)13)2-7(14)5-11/h3-4,7,14H,2,5H2,1H3. The van der Waals surface area contributed by atoms with Gasteiger partial charge in [-0.25, -0.2) is 0 Å². The molecule has 0 amide bonds. The Morgan fingerprint density at radius 1 is 1.33 bits per heavy atom. The Morgan fingerprint density at radius 3 is 2.53 bits per heavy atom. The lowest BCUT2D eigenvalue weighted by Crippen LogP contribution is -2.12. The highest BCUT2D eigenvalue weighted by Gasteiger charge is 2.11. The van der Waals surface area contributed by atoms with E-state index in [9.17, 15) is 5.11 Å². The third-order valence-electron chi connectivity index (χ3n) is 1.95. The summed E-state index contributed by atoms with van der Waals surface area (Å²) in [7, 11) is 1.52. The van der Waals surface area contributed by atoms with Crippen molar-refractivity contribution in [1.82, 2.24) is 0 Å². The fraction of sp³-hybridized carbons (Fsp3) is 0.400. The monoisotopic (exact) mass is 268 g/mol. The summed E-state index contributed by atoms with van der Waals surface area (Å²) in [6, 6.07) is 3.30. The van der Waals surface area contributed by atoms with Gasteiger partial charge in [0.1, 0.15) is 5.75 Å². The molecule has 0 fully saturated rings. The SMILES string of the molecule is COc1cc(Cl)c(CC(O)CCl)cc1Cl. The zero-order valence-corrected chi connectivity index (χ0v) is 10.4. The van der Waals surface area contributed by atoms with E-state index in [1.807, 2.05) is 0 Å². The quantitative estimate of drug-likeness (QED) is 0.851. The lowest BCUT2D eigenvalue weighted by atomic mass is 10.1. The highest BCUT2D eigenvalue weighted by atomic mass is 35.5. The Bertz CT molecular complexity index is 342. The second kappa shape index (κ2) is 5.80. The number of aliphatic hydroxyl groups excluding tert-OH is 1. The van der Waals surface area contributed by atoms with Gasteiger partial charge in [-0.3, -0.25) is 0 Å². The van der Waals surface area contributed by atoms with Gasteiger partial charge in [0.05, 0.1) is 18.2 Å². The molecule has 0 aliphatic carbocycles. The van der Waals surface area contributed by atoms with Crippen LogP contribution in [0.1, 0.15) is 5.56 Å². The van der Waals surface area contributed by atoms with Gasteiger partial charge in [0.25, 0.3) is 0 Å². The van der Waals surface area contributed by atoms with Crippen molar-refractivity contribution < 1.29 is 9.84 Å². The number of benzene rings is 1. The van der Waals surface area contributed by atoms with Crippen molar-refractivity contribution in [3.05, 3.63) is 27.7 Å². The van der Waals surface area contributed by atoms with Crippen molar-refractivity contribution in [3.63, 3.8) is 0 Å². The molecule has 0 spiro atoms. The Balaban J connectivity index is 2.95. The molecule has 15 heavy (non-hydrogen) atoms. The molecular weight excluding hydrogens is 258 g/mol. The molecule has 0 aromatic heterocycles. The van der Waals surface area contributed by atoms with Crippen LogP contribution in [0.25, 0.3) is 0 Å². The van der Waals surface area contributed by atoms with Crippen LogP contribution in [0.4, 0.5) is 0 Å². The second-order valence-corrected chi connectivity index (χ2v) is 4.21. The first-order chi connectivity index (χ1) is 7.08. The molecule has 1 aromatic carbocycles. The number of methoxy groups -OCH3 is 1. The topological polar surface area (TPSA) is 29.5 Å². The highest BCUT2D eigenvalue weighted by Crippen LogP contribution is 2.31. The summed E-state index contributed by atoms with van der Waals surface area (Å²) < 4.78 is 5.01. The van der Waals surface area contributed by atoms with Crippen LogP contribution in [-0.2, 0) is 6.42 Å². The molecule has 1 N–H and O–H groups in total. The maximum Gasteiger partial charge on any atom is 0.138 e. The van der Waals surface area contributed by atoms with Crippen LogP contribution in [0.2, 0.25) is 10.0 Å². The van der Waals surface area contributed by atoms with Gasteiger partial charge in [-0.05, 0) is 11.6 Å². The Kier molecular flexibility index (Phi) is 5.00. The molecule has 5 heteroatoms. The molecule has 1 rings (SSSR count). The van der Waals surface area contributed by atoms with Gasteiger partial charge in [0.15, 0.2) is 0 Å². The van der Waals surface area contributed by atoms with E-state index in [0.29, 0.717) is 22.2 Å². The zero-order valence-electron chi connectivity index (χ0n) is 8.14. The fourth-order valence-electron chi connectivity index (χ4n) is 1.19. The average Bonchev–Trinajstić information content (AvgIpc) is 2.22. The van der Waals surface area contributed by atoms with Crippen LogP contribution in [-0.4, -0.2) is 24.2 Å². The van der Waals surface area contributed by atoms with E-state index in [4.69, 9.17) is 39.5 Å². The molecule has 0 bridgehead atoms. The van der Waals surface area contributed by atoms with Crippen molar-refractivity contribution in [1.29, 1.82) is 0 Å². The van der Waals surface area contributed by atoms with Gasteiger partial charge in [0, 0.05) is 23.4 Å². The Morgan fingerprint density at radius 2 is 2.00 bits per heavy atom. The molecule has 84 valence electrons. The van der Waals surface area contributed by atoms with Crippen molar-refractivity contribution in [3.8, 4) is 5.75 Å². The number of rotatable bonds is 4. The van der Waals surface area contributed by atoms with Crippen molar-refractivity contribution in [2.45, 2.75) is 12.5 Å². The van der Waals surface area contributed by atoms with E-state index in [2.05, 4.69) is 0 Å². The van der Waals surface area contributed by atoms with Crippen molar-refractivity contribution >= 4 is 34.8 Å². The van der Waals surface area contributed by atoms with E-state index in [0.717, 1.165) is 5.56 Å². The third kappa shape index (κ3) is 3.42. The molecule has 1 unspecified atom stereocenters. The first-order valence-corrected chi connectivity index (χ1v) is 5.63. The van der Waals surface area contributed by atoms with Crippen LogP contribution in [0.3, 0.4) is 0 Å². The molecule has 1 atom stereocenters. The predicted octanol–water partition coefficient (Wildman–Crippen LogP) is 3.14. The molecule has 1 aromatic rings. The third-order valence-corrected chi connectivity index (χ3v) is 2.96. The lowest BCUT2D eigenvalue weighted by molar-refractivity contribution is 0.199. The zero-order chi connectivity index (χ0) is 11.4. The first kappa shape index (κ1) is 12.9. The number of ether oxygens (including phenoxy) is 1. The summed E-state index contributed by atoms with van der Waals surface area (Å²) in [6.07, 6.45) is -0.236. The molecule has 0 saturated heterocycles. The summed E-state index contributed by atoms with van der Waals surface area (Å²) in [5, 5.41) is 10.4.